The molecule has 0 aliphatic heterocycles. The standard InChI is InChI=1S/C15H24BrNO/c1-4-9-15(2,12-18)11-17(3)10-13-7-5-6-8-14(13)16/h5-8,18H,4,9-12H2,1-3H3. The Morgan fingerprint density at radius 3 is 2.56 bits per heavy atom. The number of benzene rings is 1. The summed E-state index contributed by atoms with van der Waals surface area (Å²) in [6.45, 7) is 6.40. The number of aliphatic hydroxyl groups is 1. The van der Waals surface area contributed by atoms with Crippen LogP contribution < -0.4 is 0 Å². The Labute approximate surface area is 119 Å². The second kappa shape index (κ2) is 7.27. The lowest BCUT2D eigenvalue weighted by Crippen LogP contribution is -2.36. The summed E-state index contributed by atoms with van der Waals surface area (Å²) in [4.78, 5) is 2.28. The van der Waals surface area contributed by atoms with Gasteiger partial charge in [0, 0.05) is 29.6 Å². The van der Waals surface area contributed by atoms with Crippen LogP contribution in [-0.2, 0) is 6.54 Å². The van der Waals surface area contributed by atoms with Gasteiger partial charge in [0.1, 0.15) is 0 Å². The summed E-state index contributed by atoms with van der Waals surface area (Å²) in [7, 11) is 2.11. The third kappa shape index (κ3) is 4.71. The zero-order valence-corrected chi connectivity index (χ0v) is 13.2. The predicted octanol–water partition coefficient (Wildman–Crippen LogP) is 3.68. The van der Waals surface area contributed by atoms with E-state index in [2.05, 4.69) is 59.9 Å². The molecular formula is C15H24BrNO. The Morgan fingerprint density at radius 1 is 1.33 bits per heavy atom. The lowest BCUT2D eigenvalue weighted by molar-refractivity contribution is 0.0878. The zero-order valence-electron chi connectivity index (χ0n) is 11.6. The fourth-order valence-corrected chi connectivity index (χ4v) is 2.85. The summed E-state index contributed by atoms with van der Waals surface area (Å²) in [5.41, 5.74) is 1.29. The van der Waals surface area contributed by atoms with E-state index in [1.165, 1.54) is 5.56 Å². The van der Waals surface area contributed by atoms with Crippen molar-refractivity contribution in [3.8, 4) is 0 Å². The van der Waals surface area contributed by atoms with Gasteiger partial charge in [0.25, 0.3) is 0 Å². The third-order valence-electron chi connectivity index (χ3n) is 3.29. The van der Waals surface area contributed by atoms with E-state index in [0.717, 1.165) is 30.4 Å². The fraction of sp³-hybridized carbons (Fsp3) is 0.600. The Morgan fingerprint density at radius 2 is 2.00 bits per heavy atom. The largest absolute Gasteiger partial charge is 0.396 e. The monoisotopic (exact) mass is 313 g/mol. The van der Waals surface area contributed by atoms with Crippen LogP contribution in [0.25, 0.3) is 0 Å². The number of hydrogen-bond acceptors (Lipinski definition) is 2. The summed E-state index contributed by atoms with van der Waals surface area (Å²) in [5.74, 6) is 0. The van der Waals surface area contributed by atoms with Crippen molar-refractivity contribution < 1.29 is 5.11 Å². The van der Waals surface area contributed by atoms with Gasteiger partial charge in [0.15, 0.2) is 0 Å². The second-order valence-electron chi connectivity index (χ2n) is 5.48. The Balaban J connectivity index is 2.61. The summed E-state index contributed by atoms with van der Waals surface area (Å²) < 4.78 is 1.15. The van der Waals surface area contributed by atoms with Gasteiger partial charge < -0.3 is 10.0 Å². The van der Waals surface area contributed by atoms with Crippen LogP contribution in [0.5, 0.6) is 0 Å². The zero-order chi connectivity index (χ0) is 13.6. The van der Waals surface area contributed by atoms with Gasteiger partial charge in [0.05, 0.1) is 0 Å². The molecule has 1 aromatic rings. The molecule has 0 saturated carbocycles. The number of rotatable bonds is 7. The first-order valence-electron chi connectivity index (χ1n) is 6.53. The molecule has 0 aliphatic rings. The lowest BCUT2D eigenvalue weighted by Gasteiger charge is -2.32. The van der Waals surface area contributed by atoms with Gasteiger partial charge in [-0.05, 0) is 25.1 Å². The summed E-state index contributed by atoms with van der Waals surface area (Å²) in [5, 5.41) is 9.55. The van der Waals surface area contributed by atoms with Gasteiger partial charge in [-0.25, -0.2) is 0 Å². The molecule has 2 nitrogen and oxygen atoms in total. The normalized spacial score (nSPS) is 14.8. The molecule has 1 rings (SSSR count). The Kier molecular flexibility index (Phi) is 6.33. The van der Waals surface area contributed by atoms with E-state index in [9.17, 15) is 5.11 Å². The van der Waals surface area contributed by atoms with Crippen LogP contribution in [0, 0.1) is 5.41 Å². The molecule has 1 N–H and O–H groups in total. The molecule has 0 aliphatic carbocycles. The molecule has 1 atom stereocenters. The average molecular weight is 314 g/mol. The molecule has 0 saturated heterocycles. The quantitative estimate of drug-likeness (QED) is 0.830. The van der Waals surface area contributed by atoms with E-state index in [0.29, 0.717) is 0 Å². The summed E-state index contributed by atoms with van der Waals surface area (Å²) in [6, 6.07) is 8.30. The van der Waals surface area contributed by atoms with Crippen molar-refractivity contribution in [2.75, 3.05) is 20.2 Å². The highest BCUT2D eigenvalue weighted by molar-refractivity contribution is 9.10. The van der Waals surface area contributed by atoms with E-state index in [1.54, 1.807) is 0 Å². The molecule has 1 aromatic carbocycles. The maximum Gasteiger partial charge on any atom is 0.0497 e. The Hall–Kier alpha value is -0.380. The van der Waals surface area contributed by atoms with Crippen LogP contribution in [0.3, 0.4) is 0 Å². The fourth-order valence-electron chi connectivity index (χ4n) is 2.44. The molecule has 102 valence electrons. The van der Waals surface area contributed by atoms with Crippen LogP contribution in [-0.4, -0.2) is 30.2 Å². The number of nitrogens with zero attached hydrogens (tertiary/aromatic N) is 1. The second-order valence-corrected chi connectivity index (χ2v) is 6.34. The molecule has 0 fully saturated rings. The van der Waals surface area contributed by atoms with Crippen LogP contribution in [0.4, 0.5) is 0 Å². The molecule has 3 heteroatoms. The van der Waals surface area contributed by atoms with Gasteiger partial charge >= 0.3 is 0 Å². The minimum Gasteiger partial charge on any atom is -0.396 e. The molecule has 0 heterocycles. The first-order chi connectivity index (χ1) is 8.50. The smallest absolute Gasteiger partial charge is 0.0497 e. The SMILES string of the molecule is CCCC(C)(CO)CN(C)Cc1ccccc1Br. The van der Waals surface area contributed by atoms with E-state index >= 15 is 0 Å². The Bertz CT molecular complexity index is 369. The minimum absolute atomic E-state index is 0.00472. The molecular weight excluding hydrogens is 290 g/mol. The van der Waals surface area contributed by atoms with Gasteiger partial charge in [-0.15, -0.1) is 0 Å². The van der Waals surface area contributed by atoms with Crippen LogP contribution in [0.15, 0.2) is 28.7 Å². The first-order valence-corrected chi connectivity index (χ1v) is 7.33. The minimum atomic E-state index is 0.00472. The van der Waals surface area contributed by atoms with E-state index in [4.69, 9.17) is 0 Å². The van der Waals surface area contributed by atoms with Crippen LogP contribution in [0.1, 0.15) is 32.3 Å². The van der Waals surface area contributed by atoms with Crippen molar-refractivity contribution in [2.24, 2.45) is 5.41 Å². The highest BCUT2D eigenvalue weighted by Crippen LogP contribution is 2.25. The van der Waals surface area contributed by atoms with Gasteiger partial charge in [-0.3, -0.25) is 0 Å². The van der Waals surface area contributed by atoms with Crippen LogP contribution >= 0.6 is 15.9 Å². The number of halogens is 1. The average Bonchev–Trinajstić information content (AvgIpc) is 2.32. The van der Waals surface area contributed by atoms with Crippen molar-refractivity contribution in [1.82, 2.24) is 4.90 Å². The molecule has 0 amide bonds. The van der Waals surface area contributed by atoms with Gasteiger partial charge in [-0.1, -0.05) is 54.4 Å². The highest BCUT2D eigenvalue weighted by atomic mass is 79.9. The van der Waals surface area contributed by atoms with Crippen molar-refractivity contribution in [1.29, 1.82) is 0 Å². The lowest BCUT2D eigenvalue weighted by atomic mass is 9.86. The topological polar surface area (TPSA) is 23.5 Å². The number of aliphatic hydroxyl groups excluding tert-OH is 1. The highest BCUT2D eigenvalue weighted by Gasteiger charge is 2.24. The molecule has 1 unspecified atom stereocenters. The number of hydrogen-bond donors (Lipinski definition) is 1. The van der Waals surface area contributed by atoms with E-state index < -0.39 is 0 Å². The first kappa shape index (κ1) is 15.7. The molecule has 0 aromatic heterocycles. The molecule has 0 bridgehead atoms. The van der Waals surface area contributed by atoms with Gasteiger partial charge in [-0.2, -0.15) is 0 Å². The van der Waals surface area contributed by atoms with Crippen molar-refractivity contribution >= 4 is 15.9 Å². The van der Waals surface area contributed by atoms with Crippen molar-refractivity contribution in [2.45, 2.75) is 33.2 Å². The summed E-state index contributed by atoms with van der Waals surface area (Å²) in [6.07, 6.45) is 2.17. The van der Waals surface area contributed by atoms with Crippen LogP contribution in [0.2, 0.25) is 0 Å². The summed E-state index contributed by atoms with van der Waals surface area (Å²) >= 11 is 3.58. The maximum atomic E-state index is 9.55. The molecule has 18 heavy (non-hydrogen) atoms. The van der Waals surface area contributed by atoms with Crippen molar-refractivity contribution in [3.63, 3.8) is 0 Å². The van der Waals surface area contributed by atoms with E-state index in [1.807, 2.05) is 6.07 Å². The van der Waals surface area contributed by atoms with Gasteiger partial charge in [0.2, 0.25) is 0 Å². The predicted molar refractivity (Wildman–Crippen MR) is 80.6 cm³/mol. The van der Waals surface area contributed by atoms with Crippen molar-refractivity contribution in [3.05, 3.63) is 34.3 Å². The van der Waals surface area contributed by atoms with E-state index in [-0.39, 0.29) is 12.0 Å². The third-order valence-corrected chi connectivity index (χ3v) is 4.06. The maximum absolute atomic E-state index is 9.55. The molecule has 0 radical (unpaired) electrons. The molecule has 0 spiro atoms.